The van der Waals surface area contributed by atoms with Gasteiger partial charge >= 0.3 is 0 Å². The normalized spacial score (nSPS) is 24.6. The van der Waals surface area contributed by atoms with Crippen molar-refractivity contribution < 1.29 is 23.7 Å². The summed E-state index contributed by atoms with van der Waals surface area (Å²) >= 11 is 0. The molecule has 2 atom stereocenters. The summed E-state index contributed by atoms with van der Waals surface area (Å²) in [4.78, 5) is 10.9. The maximum atomic E-state index is 10.9. The van der Waals surface area contributed by atoms with Crippen LogP contribution in [0.25, 0.3) is 0 Å². The molecule has 0 N–H and O–H groups in total. The maximum Gasteiger partial charge on any atom is 0.164 e. The van der Waals surface area contributed by atoms with Crippen LogP contribution in [0, 0.1) is 0 Å². The molecule has 0 aromatic heterocycles. The van der Waals surface area contributed by atoms with Crippen molar-refractivity contribution in [2.24, 2.45) is 0 Å². The van der Waals surface area contributed by atoms with Gasteiger partial charge in [-0.25, -0.2) is 0 Å². The number of aldehydes is 1. The van der Waals surface area contributed by atoms with E-state index in [9.17, 15) is 4.79 Å². The summed E-state index contributed by atoms with van der Waals surface area (Å²) in [5, 5.41) is 0. The lowest BCUT2D eigenvalue weighted by molar-refractivity contribution is -0.153. The molecule has 0 amide bonds. The van der Waals surface area contributed by atoms with Crippen LogP contribution in [0.4, 0.5) is 0 Å². The first-order valence-electron chi connectivity index (χ1n) is 6.55. The summed E-state index contributed by atoms with van der Waals surface area (Å²) in [6, 6.07) is 7.63. The molecule has 0 aliphatic carbocycles. The fourth-order valence-electron chi connectivity index (χ4n) is 2.12. The molecule has 0 unspecified atom stereocenters. The van der Waals surface area contributed by atoms with Gasteiger partial charge in [-0.3, -0.25) is 0 Å². The molecule has 1 aliphatic heterocycles. The Morgan fingerprint density at radius 2 is 1.95 bits per heavy atom. The minimum Gasteiger partial charge on any atom is -0.497 e. The van der Waals surface area contributed by atoms with Gasteiger partial charge in [-0.1, -0.05) is 12.1 Å². The van der Waals surface area contributed by atoms with Gasteiger partial charge in [0.05, 0.1) is 20.3 Å². The smallest absolute Gasteiger partial charge is 0.164 e. The number of benzene rings is 1. The molecule has 0 radical (unpaired) electrons. The summed E-state index contributed by atoms with van der Waals surface area (Å²) in [6.07, 6.45) is -0.169. The lowest BCUT2D eigenvalue weighted by Gasteiger charge is -2.16. The number of carbonyl (C=O) groups excluding carboxylic acids is 1. The summed E-state index contributed by atoms with van der Waals surface area (Å²) < 4.78 is 21.8. The Morgan fingerprint density at radius 3 is 2.55 bits per heavy atom. The van der Waals surface area contributed by atoms with Crippen LogP contribution in [0.5, 0.6) is 5.75 Å². The Morgan fingerprint density at radius 1 is 1.25 bits per heavy atom. The highest BCUT2D eigenvalue weighted by Crippen LogP contribution is 2.27. The van der Waals surface area contributed by atoms with E-state index in [-0.39, 0.29) is 6.10 Å². The molecule has 1 saturated heterocycles. The number of ether oxygens (including phenoxy) is 4. The van der Waals surface area contributed by atoms with Crippen LogP contribution in [0.15, 0.2) is 24.3 Å². The van der Waals surface area contributed by atoms with Crippen LogP contribution in [-0.2, 0) is 25.6 Å². The highest BCUT2D eigenvalue weighted by molar-refractivity contribution is 5.57. The van der Waals surface area contributed by atoms with Crippen molar-refractivity contribution in [1.29, 1.82) is 0 Å². The van der Waals surface area contributed by atoms with Crippen molar-refractivity contribution >= 4 is 6.29 Å². The molecule has 1 aromatic carbocycles. The molecule has 1 aliphatic rings. The summed E-state index contributed by atoms with van der Waals surface area (Å²) in [6.45, 7) is 4.34. The van der Waals surface area contributed by atoms with Gasteiger partial charge < -0.3 is 23.7 Å². The first-order valence-corrected chi connectivity index (χ1v) is 6.55. The molecule has 0 bridgehead atoms. The fraction of sp³-hybridized carbons (Fsp3) is 0.533. The van der Waals surface area contributed by atoms with Crippen molar-refractivity contribution in [1.82, 2.24) is 0 Å². The third-order valence-electron chi connectivity index (χ3n) is 3.07. The molecule has 20 heavy (non-hydrogen) atoms. The number of methoxy groups -OCH3 is 1. The fourth-order valence-corrected chi connectivity index (χ4v) is 2.12. The van der Waals surface area contributed by atoms with Crippen molar-refractivity contribution in [2.75, 3.05) is 13.7 Å². The molecule has 1 fully saturated rings. The average Bonchev–Trinajstić information content (AvgIpc) is 2.74. The molecule has 2 rings (SSSR count). The molecule has 5 heteroatoms. The van der Waals surface area contributed by atoms with Crippen molar-refractivity contribution in [3.05, 3.63) is 29.8 Å². The molecular formula is C15H20O5. The van der Waals surface area contributed by atoms with Gasteiger partial charge in [0.2, 0.25) is 0 Å². The topological polar surface area (TPSA) is 54.0 Å². The second-order valence-corrected chi connectivity index (χ2v) is 5.14. The predicted molar refractivity (Wildman–Crippen MR) is 72.5 cm³/mol. The second kappa shape index (κ2) is 6.35. The number of carbonyl (C=O) groups is 1. The standard InChI is InChI=1S/C15H20O5/c1-15(2)19-13(8-16)14(20-15)10-18-9-11-4-6-12(17-3)7-5-11/h4-8,13-14H,9-10H2,1-3H3/t13-,14-/m1/s1. The summed E-state index contributed by atoms with van der Waals surface area (Å²) in [5.41, 5.74) is 1.03. The number of hydrogen-bond donors (Lipinski definition) is 0. The molecule has 0 saturated carbocycles. The minimum absolute atomic E-state index is 0.318. The van der Waals surface area contributed by atoms with E-state index in [4.69, 9.17) is 18.9 Å². The van der Waals surface area contributed by atoms with Crippen LogP contribution in [0.3, 0.4) is 0 Å². The molecule has 5 nitrogen and oxygen atoms in total. The first-order chi connectivity index (χ1) is 9.54. The van der Waals surface area contributed by atoms with Crippen LogP contribution in [0.2, 0.25) is 0 Å². The monoisotopic (exact) mass is 280 g/mol. The average molecular weight is 280 g/mol. The second-order valence-electron chi connectivity index (χ2n) is 5.14. The van der Waals surface area contributed by atoms with Crippen LogP contribution in [-0.4, -0.2) is 38.0 Å². The Labute approximate surface area is 118 Å². The zero-order valence-corrected chi connectivity index (χ0v) is 12.0. The van der Waals surface area contributed by atoms with Gasteiger partial charge in [0.1, 0.15) is 18.0 Å². The number of hydrogen-bond acceptors (Lipinski definition) is 5. The third kappa shape index (κ3) is 3.79. The SMILES string of the molecule is COc1ccc(COC[C@H]2OC(C)(C)O[C@@H]2C=O)cc1. The molecule has 1 heterocycles. The third-order valence-corrected chi connectivity index (χ3v) is 3.07. The zero-order chi connectivity index (χ0) is 14.6. The van der Waals surface area contributed by atoms with E-state index in [1.54, 1.807) is 21.0 Å². The van der Waals surface area contributed by atoms with E-state index in [1.165, 1.54) is 0 Å². The van der Waals surface area contributed by atoms with Crippen LogP contribution >= 0.6 is 0 Å². The first kappa shape index (κ1) is 15.0. The Hall–Kier alpha value is -1.43. The Balaban J connectivity index is 1.81. The Kier molecular flexibility index (Phi) is 4.75. The van der Waals surface area contributed by atoms with Gasteiger partial charge in [-0.2, -0.15) is 0 Å². The van der Waals surface area contributed by atoms with Gasteiger partial charge in [0.25, 0.3) is 0 Å². The van der Waals surface area contributed by atoms with Crippen LogP contribution < -0.4 is 4.74 Å². The van der Waals surface area contributed by atoms with Crippen molar-refractivity contribution in [3.8, 4) is 5.75 Å². The van der Waals surface area contributed by atoms with Gasteiger partial charge in [0, 0.05) is 0 Å². The Bertz CT molecular complexity index is 440. The van der Waals surface area contributed by atoms with E-state index < -0.39 is 11.9 Å². The lowest BCUT2D eigenvalue weighted by atomic mass is 10.2. The van der Waals surface area contributed by atoms with Crippen molar-refractivity contribution in [3.63, 3.8) is 0 Å². The molecule has 0 spiro atoms. The van der Waals surface area contributed by atoms with Crippen LogP contribution in [0.1, 0.15) is 19.4 Å². The summed E-state index contributed by atoms with van der Waals surface area (Å²) in [5.74, 6) is 0.0729. The van der Waals surface area contributed by atoms with E-state index in [0.717, 1.165) is 17.6 Å². The van der Waals surface area contributed by atoms with E-state index in [0.29, 0.717) is 13.2 Å². The predicted octanol–water partition coefficient (Wildman–Crippen LogP) is 1.93. The van der Waals surface area contributed by atoms with Gasteiger partial charge in [-0.05, 0) is 31.5 Å². The largest absolute Gasteiger partial charge is 0.497 e. The highest BCUT2D eigenvalue weighted by atomic mass is 16.8. The van der Waals surface area contributed by atoms with E-state index >= 15 is 0 Å². The lowest BCUT2D eigenvalue weighted by Crippen LogP contribution is -2.28. The maximum absolute atomic E-state index is 10.9. The molecule has 1 aromatic rings. The van der Waals surface area contributed by atoms with Gasteiger partial charge in [0.15, 0.2) is 12.1 Å². The van der Waals surface area contributed by atoms with E-state index in [1.807, 2.05) is 24.3 Å². The van der Waals surface area contributed by atoms with E-state index in [2.05, 4.69) is 0 Å². The number of rotatable bonds is 6. The zero-order valence-electron chi connectivity index (χ0n) is 12.0. The molecular weight excluding hydrogens is 260 g/mol. The highest BCUT2D eigenvalue weighted by Gasteiger charge is 2.41. The summed E-state index contributed by atoms with van der Waals surface area (Å²) in [7, 11) is 1.63. The quantitative estimate of drug-likeness (QED) is 0.745. The minimum atomic E-state index is -0.736. The molecule has 110 valence electrons. The van der Waals surface area contributed by atoms with Gasteiger partial charge in [-0.15, -0.1) is 0 Å². The van der Waals surface area contributed by atoms with Crippen molar-refractivity contribution in [2.45, 2.75) is 38.4 Å².